The topological polar surface area (TPSA) is 41.5 Å². The van der Waals surface area contributed by atoms with Crippen molar-refractivity contribution in [2.24, 2.45) is 10.9 Å². The van der Waals surface area contributed by atoms with E-state index in [0.717, 1.165) is 18.7 Å². The zero-order valence-corrected chi connectivity index (χ0v) is 9.82. The average Bonchev–Trinajstić information content (AvgIpc) is 2.57. The molecule has 1 fully saturated rings. The maximum absolute atomic E-state index is 13.0. The Hall–Kier alpha value is -1.97. The highest BCUT2D eigenvalue weighted by Gasteiger charge is 2.30. The Labute approximate surface area is 104 Å². The lowest BCUT2D eigenvalue weighted by Crippen LogP contribution is -2.33. The summed E-state index contributed by atoms with van der Waals surface area (Å²) in [6.45, 7) is 0. The smallest absolute Gasteiger partial charge is 0.275 e. The number of amidine groups is 1. The summed E-state index contributed by atoms with van der Waals surface area (Å²) >= 11 is 0. The van der Waals surface area contributed by atoms with Crippen molar-refractivity contribution < 1.29 is 9.18 Å². The Morgan fingerprint density at radius 2 is 2.22 bits per heavy atom. The summed E-state index contributed by atoms with van der Waals surface area (Å²) < 4.78 is 13.0. The van der Waals surface area contributed by atoms with Crippen molar-refractivity contribution >= 4 is 17.8 Å². The SMILES string of the molecule is O=C1NC(C2CCC2)=N/C1=C/c1cccc(F)c1. The van der Waals surface area contributed by atoms with E-state index in [9.17, 15) is 9.18 Å². The predicted molar refractivity (Wildman–Crippen MR) is 67.3 cm³/mol. The second-order valence-corrected chi connectivity index (χ2v) is 4.66. The molecule has 1 amide bonds. The molecule has 3 nitrogen and oxygen atoms in total. The molecule has 1 aromatic carbocycles. The minimum Gasteiger partial charge on any atom is -0.308 e. The van der Waals surface area contributed by atoms with E-state index >= 15 is 0 Å². The van der Waals surface area contributed by atoms with Crippen molar-refractivity contribution in [1.29, 1.82) is 0 Å². The third-order valence-corrected chi connectivity index (χ3v) is 3.36. The molecule has 1 aromatic rings. The van der Waals surface area contributed by atoms with Gasteiger partial charge >= 0.3 is 0 Å². The van der Waals surface area contributed by atoms with Gasteiger partial charge in [0.25, 0.3) is 5.91 Å². The lowest BCUT2D eigenvalue weighted by Gasteiger charge is -2.24. The molecule has 0 spiro atoms. The maximum Gasteiger partial charge on any atom is 0.275 e. The number of rotatable bonds is 2. The third-order valence-electron chi connectivity index (χ3n) is 3.36. The Kier molecular flexibility index (Phi) is 2.70. The molecule has 92 valence electrons. The predicted octanol–water partition coefficient (Wildman–Crippen LogP) is 2.50. The number of benzene rings is 1. The van der Waals surface area contributed by atoms with Crippen molar-refractivity contribution in [2.75, 3.05) is 0 Å². The summed E-state index contributed by atoms with van der Waals surface area (Å²) in [6, 6.07) is 6.13. The number of amides is 1. The van der Waals surface area contributed by atoms with Gasteiger partial charge in [-0.25, -0.2) is 9.38 Å². The van der Waals surface area contributed by atoms with Crippen LogP contribution in [0.4, 0.5) is 4.39 Å². The third kappa shape index (κ3) is 2.06. The fraction of sp³-hybridized carbons (Fsp3) is 0.286. The largest absolute Gasteiger partial charge is 0.308 e. The fourth-order valence-electron chi connectivity index (χ4n) is 2.12. The van der Waals surface area contributed by atoms with Crippen LogP contribution in [0.2, 0.25) is 0 Å². The molecule has 4 heteroatoms. The van der Waals surface area contributed by atoms with E-state index < -0.39 is 0 Å². The molecule has 0 bridgehead atoms. The molecule has 0 saturated heterocycles. The molecule has 0 radical (unpaired) electrons. The van der Waals surface area contributed by atoms with Gasteiger partial charge < -0.3 is 5.32 Å². The van der Waals surface area contributed by atoms with Crippen LogP contribution < -0.4 is 5.32 Å². The van der Waals surface area contributed by atoms with E-state index in [1.165, 1.54) is 18.6 Å². The quantitative estimate of drug-likeness (QED) is 0.798. The number of carbonyl (C=O) groups is 1. The van der Waals surface area contributed by atoms with Gasteiger partial charge in [-0.2, -0.15) is 0 Å². The van der Waals surface area contributed by atoms with Crippen LogP contribution in [0.25, 0.3) is 6.08 Å². The molecule has 1 saturated carbocycles. The lowest BCUT2D eigenvalue weighted by molar-refractivity contribution is -0.115. The first-order valence-electron chi connectivity index (χ1n) is 6.09. The standard InChI is InChI=1S/C14H13FN2O/c15-11-6-1-3-9(7-11)8-12-14(18)17-13(16-12)10-4-2-5-10/h1,3,6-8,10H,2,4-5H2,(H,16,17,18)/b12-8+. The summed E-state index contributed by atoms with van der Waals surface area (Å²) in [4.78, 5) is 16.0. The molecule has 1 N–H and O–H groups in total. The Morgan fingerprint density at radius 3 is 2.89 bits per heavy atom. The van der Waals surface area contributed by atoms with Crippen LogP contribution in [0.5, 0.6) is 0 Å². The molecule has 0 unspecified atom stereocenters. The summed E-state index contributed by atoms with van der Waals surface area (Å²) in [5, 5.41) is 2.79. The average molecular weight is 244 g/mol. The minimum absolute atomic E-state index is 0.193. The molecule has 1 heterocycles. The van der Waals surface area contributed by atoms with Gasteiger partial charge in [0.2, 0.25) is 0 Å². The van der Waals surface area contributed by atoms with Crippen LogP contribution in [0.3, 0.4) is 0 Å². The lowest BCUT2D eigenvalue weighted by atomic mass is 9.84. The molecule has 18 heavy (non-hydrogen) atoms. The van der Waals surface area contributed by atoms with Gasteiger partial charge in [-0.3, -0.25) is 4.79 Å². The number of carbonyl (C=O) groups excluding carboxylic acids is 1. The Morgan fingerprint density at radius 1 is 1.39 bits per heavy atom. The van der Waals surface area contributed by atoms with Crippen molar-refractivity contribution in [2.45, 2.75) is 19.3 Å². The highest BCUT2D eigenvalue weighted by atomic mass is 19.1. The van der Waals surface area contributed by atoms with Crippen LogP contribution in [0.1, 0.15) is 24.8 Å². The van der Waals surface area contributed by atoms with Crippen LogP contribution in [-0.2, 0) is 4.79 Å². The van der Waals surface area contributed by atoms with Gasteiger partial charge in [-0.1, -0.05) is 18.6 Å². The fourth-order valence-corrected chi connectivity index (χ4v) is 2.12. The summed E-state index contributed by atoms with van der Waals surface area (Å²) in [6.07, 6.45) is 4.99. The van der Waals surface area contributed by atoms with E-state index in [4.69, 9.17) is 0 Å². The first kappa shape index (κ1) is 11.1. The summed E-state index contributed by atoms with van der Waals surface area (Å²) in [5.74, 6) is 0.661. The van der Waals surface area contributed by atoms with Crippen molar-refractivity contribution in [3.8, 4) is 0 Å². The maximum atomic E-state index is 13.0. The zero-order valence-electron chi connectivity index (χ0n) is 9.82. The second kappa shape index (κ2) is 4.37. The van der Waals surface area contributed by atoms with Crippen LogP contribution in [0, 0.1) is 11.7 Å². The number of aliphatic imine (C=N–C) groups is 1. The molecule has 0 aromatic heterocycles. The Bertz CT molecular complexity index is 559. The van der Waals surface area contributed by atoms with Crippen LogP contribution in [-0.4, -0.2) is 11.7 Å². The molecule has 3 rings (SSSR count). The summed E-state index contributed by atoms with van der Waals surface area (Å²) in [7, 11) is 0. The van der Waals surface area contributed by atoms with E-state index in [1.807, 2.05) is 0 Å². The van der Waals surface area contributed by atoms with Gasteiger partial charge in [0.1, 0.15) is 17.3 Å². The molecular formula is C14H13FN2O. The molecule has 0 atom stereocenters. The second-order valence-electron chi connectivity index (χ2n) is 4.66. The Balaban J connectivity index is 1.87. The first-order valence-corrected chi connectivity index (χ1v) is 6.09. The molecule has 2 aliphatic rings. The van der Waals surface area contributed by atoms with E-state index in [-0.39, 0.29) is 11.7 Å². The van der Waals surface area contributed by atoms with Crippen molar-refractivity contribution in [3.05, 3.63) is 41.3 Å². The summed E-state index contributed by atoms with van der Waals surface area (Å²) in [5.41, 5.74) is 1.02. The van der Waals surface area contributed by atoms with Gasteiger partial charge in [0.15, 0.2) is 0 Å². The van der Waals surface area contributed by atoms with E-state index in [1.54, 1.807) is 18.2 Å². The molecule has 1 aliphatic carbocycles. The van der Waals surface area contributed by atoms with Crippen molar-refractivity contribution in [3.63, 3.8) is 0 Å². The monoisotopic (exact) mass is 244 g/mol. The van der Waals surface area contributed by atoms with Gasteiger partial charge in [-0.05, 0) is 36.6 Å². The molecule has 1 aliphatic heterocycles. The van der Waals surface area contributed by atoms with E-state index in [2.05, 4.69) is 10.3 Å². The minimum atomic E-state index is -0.314. The highest BCUT2D eigenvalue weighted by Crippen LogP contribution is 2.29. The van der Waals surface area contributed by atoms with Gasteiger partial charge in [0, 0.05) is 5.92 Å². The zero-order chi connectivity index (χ0) is 12.5. The molecular weight excluding hydrogens is 231 g/mol. The first-order chi connectivity index (χ1) is 8.72. The van der Waals surface area contributed by atoms with Gasteiger partial charge in [0.05, 0.1) is 0 Å². The highest BCUT2D eigenvalue weighted by molar-refractivity contribution is 6.15. The normalized spacial score (nSPS) is 21.7. The van der Waals surface area contributed by atoms with Crippen LogP contribution in [0.15, 0.2) is 35.0 Å². The number of nitrogens with one attached hydrogen (secondary N) is 1. The number of halogens is 1. The number of hydrogen-bond acceptors (Lipinski definition) is 2. The van der Waals surface area contributed by atoms with Crippen molar-refractivity contribution in [1.82, 2.24) is 5.32 Å². The number of hydrogen-bond donors (Lipinski definition) is 1. The van der Waals surface area contributed by atoms with Crippen LogP contribution >= 0.6 is 0 Å². The van der Waals surface area contributed by atoms with E-state index in [0.29, 0.717) is 17.2 Å². The van der Waals surface area contributed by atoms with Gasteiger partial charge in [-0.15, -0.1) is 0 Å². The number of nitrogens with zero attached hydrogens (tertiary/aromatic N) is 1.